The first-order valence-corrected chi connectivity index (χ1v) is 5.50. The number of amides is 3. The molecular weight excluding hydrogens is 210 g/mol. The van der Waals surface area contributed by atoms with Crippen molar-refractivity contribution < 1.29 is 14.7 Å². The smallest absolute Gasteiger partial charge is 0.314 e. The van der Waals surface area contributed by atoms with Gasteiger partial charge < -0.3 is 21.1 Å². The highest BCUT2D eigenvalue weighted by atomic mass is 16.3. The maximum Gasteiger partial charge on any atom is 0.314 e. The van der Waals surface area contributed by atoms with Crippen LogP contribution in [0.3, 0.4) is 0 Å². The van der Waals surface area contributed by atoms with Crippen molar-refractivity contribution in [2.45, 2.75) is 25.8 Å². The Morgan fingerprint density at radius 3 is 2.88 bits per heavy atom. The van der Waals surface area contributed by atoms with Crippen LogP contribution in [0.2, 0.25) is 0 Å². The standard InChI is InChI=1S/C10H19N3O3/c1-7(6-14)12-9(15)8-3-2-4-13(5-8)10(11)16/h7-8,14H,2-6H2,1H3,(H2,11,16)(H,12,15)/t7-,8?/m1/s1. The van der Waals surface area contributed by atoms with E-state index in [-0.39, 0.29) is 24.5 Å². The van der Waals surface area contributed by atoms with Crippen LogP contribution in [-0.4, -0.2) is 47.7 Å². The Labute approximate surface area is 94.8 Å². The van der Waals surface area contributed by atoms with Crippen LogP contribution < -0.4 is 11.1 Å². The number of carbonyl (C=O) groups is 2. The molecule has 0 aromatic carbocycles. The number of nitrogens with zero attached hydrogens (tertiary/aromatic N) is 1. The predicted octanol–water partition coefficient (Wildman–Crippen LogP) is -0.726. The first-order valence-electron chi connectivity index (χ1n) is 5.50. The molecule has 0 saturated carbocycles. The molecule has 0 aromatic rings. The molecule has 3 amide bonds. The number of primary amides is 1. The number of nitrogens with two attached hydrogens (primary N) is 1. The van der Waals surface area contributed by atoms with E-state index in [4.69, 9.17) is 10.8 Å². The van der Waals surface area contributed by atoms with E-state index >= 15 is 0 Å². The van der Waals surface area contributed by atoms with E-state index in [2.05, 4.69) is 5.32 Å². The van der Waals surface area contributed by atoms with Crippen molar-refractivity contribution in [2.24, 2.45) is 11.7 Å². The number of piperidine rings is 1. The summed E-state index contributed by atoms with van der Waals surface area (Å²) < 4.78 is 0. The molecule has 1 rings (SSSR count). The molecule has 92 valence electrons. The van der Waals surface area contributed by atoms with Gasteiger partial charge in [-0.2, -0.15) is 0 Å². The summed E-state index contributed by atoms with van der Waals surface area (Å²) in [6.45, 7) is 2.64. The Bertz CT molecular complexity index is 270. The Kier molecular flexibility index (Phi) is 4.54. The van der Waals surface area contributed by atoms with Gasteiger partial charge in [-0.3, -0.25) is 4.79 Å². The fourth-order valence-corrected chi connectivity index (χ4v) is 1.80. The van der Waals surface area contributed by atoms with Gasteiger partial charge >= 0.3 is 6.03 Å². The Balaban J connectivity index is 2.47. The van der Waals surface area contributed by atoms with Crippen LogP contribution in [0.4, 0.5) is 4.79 Å². The Morgan fingerprint density at radius 1 is 1.62 bits per heavy atom. The van der Waals surface area contributed by atoms with Gasteiger partial charge in [-0.1, -0.05) is 0 Å². The lowest BCUT2D eigenvalue weighted by atomic mass is 9.97. The van der Waals surface area contributed by atoms with E-state index in [0.717, 1.165) is 12.8 Å². The van der Waals surface area contributed by atoms with Crippen molar-refractivity contribution in [3.63, 3.8) is 0 Å². The summed E-state index contributed by atoms with van der Waals surface area (Å²) in [6.07, 6.45) is 1.54. The molecule has 6 nitrogen and oxygen atoms in total. The third-order valence-corrected chi connectivity index (χ3v) is 2.77. The van der Waals surface area contributed by atoms with E-state index in [1.54, 1.807) is 6.92 Å². The van der Waals surface area contributed by atoms with Gasteiger partial charge in [0, 0.05) is 19.1 Å². The number of rotatable bonds is 3. The molecule has 1 aliphatic rings. The molecule has 4 N–H and O–H groups in total. The summed E-state index contributed by atoms with van der Waals surface area (Å²) in [4.78, 5) is 24.2. The number of carbonyl (C=O) groups excluding carboxylic acids is 2. The van der Waals surface area contributed by atoms with Gasteiger partial charge in [-0.15, -0.1) is 0 Å². The molecule has 1 aliphatic heterocycles. The summed E-state index contributed by atoms with van der Waals surface area (Å²) in [7, 11) is 0. The van der Waals surface area contributed by atoms with Crippen LogP contribution in [0.1, 0.15) is 19.8 Å². The summed E-state index contributed by atoms with van der Waals surface area (Å²) >= 11 is 0. The molecule has 1 fully saturated rings. The highest BCUT2D eigenvalue weighted by Crippen LogP contribution is 2.16. The third-order valence-electron chi connectivity index (χ3n) is 2.77. The predicted molar refractivity (Wildman–Crippen MR) is 58.6 cm³/mol. The van der Waals surface area contributed by atoms with E-state index < -0.39 is 6.03 Å². The van der Waals surface area contributed by atoms with Crippen molar-refractivity contribution in [2.75, 3.05) is 19.7 Å². The summed E-state index contributed by atoms with van der Waals surface area (Å²) in [5.74, 6) is -0.331. The minimum atomic E-state index is -0.479. The van der Waals surface area contributed by atoms with E-state index in [1.165, 1.54) is 4.90 Å². The molecule has 0 aliphatic carbocycles. The molecule has 0 spiro atoms. The SMILES string of the molecule is C[C@H](CO)NC(=O)C1CCCN(C(N)=O)C1. The fraction of sp³-hybridized carbons (Fsp3) is 0.800. The van der Waals surface area contributed by atoms with Crippen LogP contribution in [0.15, 0.2) is 0 Å². The number of hydrogen-bond acceptors (Lipinski definition) is 3. The molecule has 6 heteroatoms. The van der Waals surface area contributed by atoms with Gasteiger partial charge in [-0.25, -0.2) is 4.79 Å². The van der Waals surface area contributed by atoms with Gasteiger partial charge in [0.15, 0.2) is 0 Å². The zero-order chi connectivity index (χ0) is 12.1. The molecule has 0 bridgehead atoms. The largest absolute Gasteiger partial charge is 0.394 e. The minimum Gasteiger partial charge on any atom is -0.394 e. The second-order valence-electron chi connectivity index (χ2n) is 4.22. The van der Waals surface area contributed by atoms with Gasteiger partial charge in [0.25, 0.3) is 0 Å². The van der Waals surface area contributed by atoms with E-state index in [1.807, 2.05) is 0 Å². The normalized spacial score (nSPS) is 22.6. The first-order chi connectivity index (χ1) is 7.54. The molecule has 1 saturated heterocycles. The lowest BCUT2D eigenvalue weighted by Gasteiger charge is -2.31. The molecular formula is C10H19N3O3. The van der Waals surface area contributed by atoms with E-state index in [9.17, 15) is 9.59 Å². The number of nitrogens with one attached hydrogen (secondary N) is 1. The maximum absolute atomic E-state index is 11.7. The molecule has 0 radical (unpaired) electrons. The average Bonchev–Trinajstić information content (AvgIpc) is 2.28. The van der Waals surface area contributed by atoms with Gasteiger partial charge in [0.05, 0.1) is 12.5 Å². The molecule has 2 atom stereocenters. The van der Waals surface area contributed by atoms with Crippen molar-refractivity contribution in [3.05, 3.63) is 0 Å². The monoisotopic (exact) mass is 229 g/mol. The van der Waals surface area contributed by atoms with Gasteiger partial charge in [-0.05, 0) is 19.8 Å². The Morgan fingerprint density at radius 2 is 2.31 bits per heavy atom. The second-order valence-corrected chi connectivity index (χ2v) is 4.22. The number of hydrogen-bond donors (Lipinski definition) is 3. The highest BCUT2D eigenvalue weighted by Gasteiger charge is 2.27. The second kappa shape index (κ2) is 5.69. The number of likely N-dealkylation sites (tertiary alicyclic amines) is 1. The van der Waals surface area contributed by atoms with Crippen LogP contribution in [-0.2, 0) is 4.79 Å². The van der Waals surface area contributed by atoms with Crippen molar-refractivity contribution in [1.82, 2.24) is 10.2 Å². The first kappa shape index (κ1) is 12.8. The van der Waals surface area contributed by atoms with Crippen LogP contribution >= 0.6 is 0 Å². The lowest BCUT2D eigenvalue weighted by molar-refractivity contribution is -0.127. The molecule has 1 heterocycles. The quantitative estimate of drug-likeness (QED) is 0.595. The lowest BCUT2D eigenvalue weighted by Crippen LogP contribution is -2.49. The number of urea groups is 1. The van der Waals surface area contributed by atoms with Crippen molar-refractivity contribution in [3.8, 4) is 0 Å². The van der Waals surface area contributed by atoms with Gasteiger partial charge in [0.2, 0.25) is 5.91 Å². The number of aliphatic hydroxyl groups excluding tert-OH is 1. The van der Waals surface area contributed by atoms with Crippen molar-refractivity contribution >= 4 is 11.9 Å². The summed E-state index contributed by atoms with van der Waals surface area (Å²) in [5, 5.41) is 11.5. The summed E-state index contributed by atoms with van der Waals surface area (Å²) in [6, 6.07) is -0.732. The number of aliphatic hydroxyl groups is 1. The van der Waals surface area contributed by atoms with Gasteiger partial charge in [0.1, 0.15) is 0 Å². The maximum atomic E-state index is 11.7. The molecule has 16 heavy (non-hydrogen) atoms. The highest BCUT2D eigenvalue weighted by molar-refractivity contribution is 5.80. The average molecular weight is 229 g/mol. The van der Waals surface area contributed by atoms with Crippen LogP contribution in [0, 0.1) is 5.92 Å². The molecule has 1 unspecified atom stereocenters. The minimum absolute atomic E-state index is 0.0853. The fourth-order valence-electron chi connectivity index (χ4n) is 1.80. The Hall–Kier alpha value is -1.30. The summed E-state index contributed by atoms with van der Waals surface area (Å²) in [5.41, 5.74) is 5.17. The topological polar surface area (TPSA) is 95.7 Å². The third kappa shape index (κ3) is 3.37. The van der Waals surface area contributed by atoms with E-state index in [0.29, 0.717) is 13.1 Å². The van der Waals surface area contributed by atoms with Crippen molar-refractivity contribution in [1.29, 1.82) is 0 Å². The van der Waals surface area contributed by atoms with Crippen LogP contribution in [0.5, 0.6) is 0 Å². The molecule has 0 aromatic heterocycles. The van der Waals surface area contributed by atoms with Crippen LogP contribution in [0.25, 0.3) is 0 Å². The zero-order valence-electron chi connectivity index (χ0n) is 9.48. The zero-order valence-corrected chi connectivity index (χ0v) is 9.48.